The fourth-order valence-corrected chi connectivity index (χ4v) is 4.32. The Labute approximate surface area is 208 Å². The molecule has 0 saturated heterocycles. The van der Waals surface area contributed by atoms with Gasteiger partial charge in [0.2, 0.25) is 5.91 Å². The number of carbonyl (C=O) groups excluding carboxylic acids is 1. The summed E-state index contributed by atoms with van der Waals surface area (Å²) in [5, 5.41) is 4.47. The van der Waals surface area contributed by atoms with Crippen molar-refractivity contribution < 1.29 is 4.79 Å². The number of carbonyl (C=O) groups is 1. The molecule has 3 nitrogen and oxygen atoms in total. The van der Waals surface area contributed by atoms with Crippen LogP contribution in [0.5, 0.6) is 0 Å². The Morgan fingerprint density at radius 3 is 1.38 bits per heavy atom. The summed E-state index contributed by atoms with van der Waals surface area (Å²) in [5.74, 6) is -0.000874. The molecule has 0 bridgehead atoms. The first kappa shape index (κ1) is 27.8. The van der Waals surface area contributed by atoms with Crippen LogP contribution in [0.25, 0.3) is 0 Å². The van der Waals surface area contributed by atoms with Gasteiger partial charge in [0.15, 0.2) is 0 Å². The zero-order valence-electron chi connectivity index (χ0n) is 21.4. The largest absolute Gasteiger partial charge is 0.273 e. The summed E-state index contributed by atoms with van der Waals surface area (Å²) < 4.78 is 0. The number of benzene rings is 2. The van der Waals surface area contributed by atoms with Gasteiger partial charge in [-0.1, -0.05) is 157 Å². The first-order valence-corrected chi connectivity index (χ1v) is 13.8. The third-order valence-corrected chi connectivity index (χ3v) is 6.39. The van der Waals surface area contributed by atoms with Crippen molar-refractivity contribution in [3.05, 3.63) is 71.8 Å². The third-order valence-electron chi connectivity index (χ3n) is 6.39. The molecule has 0 unspecified atom stereocenters. The molecule has 0 aromatic heterocycles. The summed E-state index contributed by atoms with van der Waals surface area (Å²) in [6.07, 6.45) is 20.5. The predicted octanol–water partition coefficient (Wildman–Crippen LogP) is 8.82. The lowest BCUT2D eigenvalue weighted by atomic mass is 10.0. The van der Waals surface area contributed by atoms with Gasteiger partial charge in [-0.05, 0) is 6.42 Å². The number of hydrogen-bond acceptors (Lipinski definition) is 2. The van der Waals surface area contributed by atoms with Crippen LogP contribution in [0, 0.1) is 0 Å². The van der Waals surface area contributed by atoms with E-state index in [1.165, 1.54) is 83.5 Å². The van der Waals surface area contributed by atoms with E-state index in [1.54, 1.807) is 0 Å². The molecule has 0 aliphatic rings. The highest BCUT2D eigenvalue weighted by atomic mass is 16.2. The van der Waals surface area contributed by atoms with Gasteiger partial charge in [0.05, 0.1) is 5.71 Å². The maximum atomic E-state index is 12.3. The van der Waals surface area contributed by atoms with E-state index < -0.39 is 0 Å². The Hall–Kier alpha value is -2.42. The van der Waals surface area contributed by atoms with E-state index in [0.717, 1.165) is 29.7 Å². The van der Waals surface area contributed by atoms with Gasteiger partial charge in [-0.15, -0.1) is 0 Å². The summed E-state index contributed by atoms with van der Waals surface area (Å²) in [6.45, 7) is 2.28. The third kappa shape index (κ3) is 12.7. The average molecular weight is 463 g/mol. The van der Waals surface area contributed by atoms with Crippen molar-refractivity contribution in [1.29, 1.82) is 0 Å². The van der Waals surface area contributed by atoms with Gasteiger partial charge in [-0.25, -0.2) is 5.43 Å². The summed E-state index contributed by atoms with van der Waals surface area (Å²) in [5.41, 5.74) is 5.58. The quantitative estimate of drug-likeness (QED) is 0.126. The lowest BCUT2D eigenvalue weighted by Crippen LogP contribution is -2.20. The second-order valence-electron chi connectivity index (χ2n) is 9.43. The predicted molar refractivity (Wildman–Crippen MR) is 146 cm³/mol. The molecule has 186 valence electrons. The standard InChI is InChI=1S/C31H46N2O/c1-2-3-4-5-6-7-8-9-10-11-12-13-14-15-22-27-30(34)32-33-31(28-23-18-16-19-24-28)29-25-20-17-21-26-29/h16-21,23-26H,2-15,22,27H2,1H3,(H,32,34). The summed E-state index contributed by atoms with van der Waals surface area (Å²) in [4.78, 5) is 12.3. The van der Waals surface area contributed by atoms with E-state index >= 15 is 0 Å². The van der Waals surface area contributed by atoms with Gasteiger partial charge in [0, 0.05) is 17.5 Å². The van der Waals surface area contributed by atoms with E-state index in [9.17, 15) is 4.79 Å². The molecule has 3 heteroatoms. The molecule has 2 aromatic rings. The number of hydrazone groups is 1. The zero-order valence-corrected chi connectivity index (χ0v) is 21.4. The number of nitrogens with one attached hydrogen (secondary N) is 1. The van der Waals surface area contributed by atoms with Crippen molar-refractivity contribution in [2.24, 2.45) is 5.10 Å². The van der Waals surface area contributed by atoms with Crippen LogP contribution < -0.4 is 5.43 Å². The van der Waals surface area contributed by atoms with Crippen LogP contribution in [0.3, 0.4) is 0 Å². The van der Waals surface area contributed by atoms with Crippen molar-refractivity contribution in [3.8, 4) is 0 Å². The first-order chi connectivity index (χ1) is 16.8. The van der Waals surface area contributed by atoms with Crippen molar-refractivity contribution in [3.63, 3.8) is 0 Å². The SMILES string of the molecule is CCCCCCCCCCCCCCCCCC(=O)NN=C(c1ccccc1)c1ccccc1. The smallest absolute Gasteiger partial charge is 0.240 e. The topological polar surface area (TPSA) is 41.5 Å². The van der Waals surface area contributed by atoms with E-state index in [4.69, 9.17) is 0 Å². The van der Waals surface area contributed by atoms with Crippen LogP contribution in [0.4, 0.5) is 0 Å². The van der Waals surface area contributed by atoms with Gasteiger partial charge in [0.25, 0.3) is 0 Å². The van der Waals surface area contributed by atoms with Gasteiger partial charge in [0.1, 0.15) is 0 Å². The molecule has 1 amide bonds. The molecular formula is C31H46N2O. The van der Waals surface area contributed by atoms with Crippen molar-refractivity contribution in [1.82, 2.24) is 5.43 Å². The number of nitrogens with zero attached hydrogens (tertiary/aromatic N) is 1. The molecule has 2 rings (SSSR count). The van der Waals surface area contributed by atoms with E-state index in [2.05, 4.69) is 17.5 Å². The molecule has 0 aliphatic heterocycles. The van der Waals surface area contributed by atoms with Gasteiger partial charge in [-0.3, -0.25) is 4.79 Å². The van der Waals surface area contributed by atoms with Crippen molar-refractivity contribution >= 4 is 11.6 Å². The fraction of sp³-hybridized carbons (Fsp3) is 0.548. The van der Waals surface area contributed by atoms with Gasteiger partial charge >= 0.3 is 0 Å². The normalized spacial score (nSPS) is 10.7. The molecule has 1 N–H and O–H groups in total. The molecule has 0 aliphatic carbocycles. The van der Waals surface area contributed by atoms with Crippen molar-refractivity contribution in [2.75, 3.05) is 0 Å². The van der Waals surface area contributed by atoms with Crippen LogP contribution in [0.2, 0.25) is 0 Å². The minimum absolute atomic E-state index is 0.000874. The molecule has 34 heavy (non-hydrogen) atoms. The maximum absolute atomic E-state index is 12.3. The fourth-order valence-electron chi connectivity index (χ4n) is 4.32. The molecule has 0 radical (unpaired) electrons. The van der Waals surface area contributed by atoms with Crippen LogP contribution in [0.1, 0.15) is 121 Å². The molecule has 0 fully saturated rings. The van der Waals surface area contributed by atoms with E-state index in [0.29, 0.717) is 6.42 Å². The van der Waals surface area contributed by atoms with Gasteiger partial charge < -0.3 is 0 Å². The average Bonchev–Trinajstić information content (AvgIpc) is 2.88. The molecule has 0 atom stereocenters. The second kappa shape index (κ2) is 18.9. The molecular weight excluding hydrogens is 416 g/mol. The monoisotopic (exact) mass is 462 g/mol. The van der Waals surface area contributed by atoms with Crippen LogP contribution in [-0.4, -0.2) is 11.6 Å². The molecule has 0 spiro atoms. The lowest BCUT2D eigenvalue weighted by Gasteiger charge is -2.08. The highest BCUT2D eigenvalue weighted by molar-refractivity contribution is 6.13. The summed E-state index contributed by atoms with van der Waals surface area (Å²) in [7, 11) is 0. The Kier molecular flexibility index (Phi) is 15.5. The zero-order chi connectivity index (χ0) is 24.1. The summed E-state index contributed by atoms with van der Waals surface area (Å²) >= 11 is 0. The minimum Gasteiger partial charge on any atom is -0.273 e. The highest BCUT2D eigenvalue weighted by Crippen LogP contribution is 2.14. The molecule has 0 saturated carbocycles. The van der Waals surface area contributed by atoms with Gasteiger partial charge in [-0.2, -0.15) is 5.10 Å². The Balaban J connectivity index is 1.52. The van der Waals surface area contributed by atoms with Crippen molar-refractivity contribution in [2.45, 2.75) is 110 Å². The van der Waals surface area contributed by atoms with Crippen LogP contribution in [-0.2, 0) is 4.79 Å². The van der Waals surface area contributed by atoms with E-state index in [-0.39, 0.29) is 5.91 Å². The lowest BCUT2D eigenvalue weighted by molar-refractivity contribution is -0.121. The van der Waals surface area contributed by atoms with Crippen LogP contribution >= 0.6 is 0 Å². The summed E-state index contributed by atoms with van der Waals surface area (Å²) in [6, 6.07) is 20.0. The Morgan fingerprint density at radius 2 is 0.971 bits per heavy atom. The second-order valence-corrected chi connectivity index (χ2v) is 9.43. The van der Waals surface area contributed by atoms with E-state index in [1.807, 2.05) is 60.7 Å². The molecule has 0 heterocycles. The molecule has 2 aromatic carbocycles. The minimum atomic E-state index is -0.000874. The van der Waals surface area contributed by atoms with Crippen LogP contribution in [0.15, 0.2) is 65.8 Å². The number of rotatable bonds is 19. The number of hydrogen-bond donors (Lipinski definition) is 1. The highest BCUT2D eigenvalue weighted by Gasteiger charge is 2.08. The Morgan fingerprint density at radius 1 is 0.588 bits per heavy atom. The number of amides is 1. The Bertz CT molecular complexity index is 744. The first-order valence-electron chi connectivity index (χ1n) is 13.8. The number of unbranched alkanes of at least 4 members (excludes halogenated alkanes) is 14. The maximum Gasteiger partial charge on any atom is 0.240 e.